The molecule has 0 bridgehead atoms. The number of carbonyl (C=O) groups is 2. The summed E-state index contributed by atoms with van der Waals surface area (Å²) in [6.45, 7) is 3.41. The molecule has 1 aromatic rings. The topological polar surface area (TPSA) is 159 Å². The van der Waals surface area contributed by atoms with Crippen LogP contribution in [0.2, 0.25) is 0 Å². The van der Waals surface area contributed by atoms with Gasteiger partial charge in [0.05, 0.1) is 32.8 Å². The van der Waals surface area contributed by atoms with E-state index in [9.17, 15) is 34.2 Å². The third-order valence-electron chi connectivity index (χ3n) is 3.93. The van der Waals surface area contributed by atoms with Crippen LogP contribution in [0.1, 0.15) is 13.3 Å². The summed E-state index contributed by atoms with van der Waals surface area (Å²) in [4.78, 5) is 60.0. The van der Waals surface area contributed by atoms with Gasteiger partial charge in [-0.2, -0.15) is 0 Å². The Hall–Kier alpha value is -3.25. The van der Waals surface area contributed by atoms with E-state index in [4.69, 9.17) is 4.74 Å². The van der Waals surface area contributed by atoms with Gasteiger partial charge in [0.1, 0.15) is 12.7 Å². The number of aliphatic hydroxyl groups excluding tert-OH is 2. The Balaban J connectivity index is 3.11. The Kier molecular flexibility index (Phi) is 9.65. The van der Waals surface area contributed by atoms with E-state index in [1.54, 1.807) is 6.92 Å². The zero-order valence-corrected chi connectivity index (χ0v) is 16.7. The second-order valence-corrected chi connectivity index (χ2v) is 6.17. The van der Waals surface area contributed by atoms with Gasteiger partial charge in [0.15, 0.2) is 0 Å². The highest BCUT2D eigenvalue weighted by Gasteiger charge is 2.19. The van der Waals surface area contributed by atoms with Gasteiger partial charge < -0.3 is 19.7 Å². The molecular formula is C18H25N3O9. The van der Waals surface area contributed by atoms with Crippen molar-refractivity contribution in [3.05, 3.63) is 56.3 Å². The van der Waals surface area contributed by atoms with Crippen LogP contribution in [0.5, 0.6) is 0 Å². The molecule has 0 amide bonds. The average molecular weight is 427 g/mol. The van der Waals surface area contributed by atoms with Crippen LogP contribution in [0.4, 0.5) is 0 Å². The molecule has 0 saturated carbocycles. The summed E-state index contributed by atoms with van der Waals surface area (Å²) in [5.41, 5.74) is -2.92. The maximum Gasteiger partial charge on any atom is 0.336 e. The Labute approximate surface area is 170 Å². The fraction of sp³-hybridized carbons (Fsp3) is 0.500. The second-order valence-electron chi connectivity index (χ2n) is 6.17. The number of hydrogen-bond donors (Lipinski definition) is 2. The number of rotatable bonds is 11. The summed E-state index contributed by atoms with van der Waals surface area (Å²) in [6, 6.07) is 0. The van der Waals surface area contributed by atoms with Crippen molar-refractivity contribution in [1.29, 1.82) is 0 Å². The van der Waals surface area contributed by atoms with Crippen molar-refractivity contribution in [3.63, 3.8) is 0 Å². The second kappa shape index (κ2) is 11.7. The van der Waals surface area contributed by atoms with Crippen molar-refractivity contribution < 1.29 is 29.3 Å². The molecule has 12 nitrogen and oxygen atoms in total. The normalized spacial score (nSPS) is 13.1. The molecule has 0 radical (unpaired) electrons. The first-order valence-corrected chi connectivity index (χ1v) is 9.00. The van der Waals surface area contributed by atoms with Gasteiger partial charge in [0.25, 0.3) is 0 Å². The van der Waals surface area contributed by atoms with E-state index >= 15 is 0 Å². The zero-order chi connectivity index (χ0) is 22.8. The number of ether oxygens (including phenoxy) is 2. The Morgan fingerprint density at radius 3 is 1.97 bits per heavy atom. The minimum absolute atomic E-state index is 0.191. The molecule has 30 heavy (non-hydrogen) atoms. The van der Waals surface area contributed by atoms with E-state index in [2.05, 4.69) is 11.3 Å². The largest absolute Gasteiger partial charge is 0.466 e. The highest BCUT2D eigenvalue weighted by molar-refractivity contribution is 5.91. The first kappa shape index (κ1) is 24.8. The summed E-state index contributed by atoms with van der Waals surface area (Å²) < 4.78 is 11.1. The summed E-state index contributed by atoms with van der Waals surface area (Å²) in [5, 5.41) is 19.9. The van der Waals surface area contributed by atoms with Gasteiger partial charge >= 0.3 is 29.0 Å². The number of esters is 2. The predicted octanol–water partition coefficient (Wildman–Crippen LogP) is -2.24. The third kappa shape index (κ3) is 6.67. The maximum atomic E-state index is 12.6. The maximum absolute atomic E-state index is 12.6. The lowest BCUT2D eigenvalue weighted by Crippen LogP contribution is -2.56. The Morgan fingerprint density at radius 1 is 0.967 bits per heavy atom. The smallest absolute Gasteiger partial charge is 0.336 e. The van der Waals surface area contributed by atoms with Crippen LogP contribution in [0.25, 0.3) is 0 Å². The molecule has 12 heteroatoms. The van der Waals surface area contributed by atoms with Gasteiger partial charge in [-0.15, -0.1) is 6.58 Å². The van der Waals surface area contributed by atoms with E-state index in [1.807, 2.05) is 0 Å². The van der Waals surface area contributed by atoms with Crippen molar-refractivity contribution >= 4 is 11.9 Å². The quantitative estimate of drug-likeness (QED) is 0.226. The standard InChI is InChI=1S/C18H25N3O9/c1-4-8-19-16(26)20(9-12(22)5-2)18(28)21(17(19)27)10-13(23)11-30-15(25)7-6-14(24)29-3/h4,6-7,12-13,22-23H,1,5,8-11H2,2-3H3/b7-6-. The van der Waals surface area contributed by atoms with Crippen LogP contribution in [0, 0.1) is 0 Å². The van der Waals surface area contributed by atoms with Gasteiger partial charge in [-0.05, 0) is 6.42 Å². The number of aromatic nitrogens is 3. The van der Waals surface area contributed by atoms with Crippen LogP contribution >= 0.6 is 0 Å². The highest BCUT2D eigenvalue weighted by Crippen LogP contribution is 1.94. The SMILES string of the molecule is C=CCn1c(=O)n(CC(O)CC)c(=O)n(CC(O)COC(=O)/C=C\C(=O)OC)c1=O. The van der Waals surface area contributed by atoms with Crippen molar-refractivity contribution in [1.82, 2.24) is 13.7 Å². The molecule has 0 aliphatic carbocycles. The molecule has 1 aromatic heterocycles. The Bertz CT molecular complexity index is 971. The van der Waals surface area contributed by atoms with Gasteiger partial charge in [-0.1, -0.05) is 13.0 Å². The minimum atomic E-state index is -1.47. The van der Waals surface area contributed by atoms with E-state index in [-0.39, 0.29) is 19.5 Å². The molecule has 2 N–H and O–H groups in total. The van der Waals surface area contributed by atoms with E-state index in [0.29, 0.717) is 9.13 Å². The van der Waals surface area contributed by atoms with Crippen molar-refractivity contribution in [2.45, 2.75) is 45.2 Å². The first-order valence-electron chi connectivity index (χ1n) is 9.00. The Morgan fingerprint density at radius 2 is 1.47 bits per heavy atom. The molecule has 0 aromatic carbocycles. The van der Waals surface area contributed by atoms with Crippen LogP contribution in [-0.4, -0.2) is 61.8 Å². The van der Waals surface area contributed by atoms with Gasteiger partial charge in [0, 0.05) is 12.2 Å². The zero-order valence-electron chi connectivity index (χ0n) is 16.7. The number of methoxy groups -OCH3 is 1. The molecule has 2 atom stereocenters. The number of nitrogens with zero attached hydrogens (tertiary/aromatic N) is 3. The molecule has 0 aliphatic rings. The van der Waals surface area contributed by atoms with Crippen LogP contribution in [0.15, 0.2) is 39.2 Å². The molecule has 1 rings (SSSR count). The van der Waals surface area contributed by atoms with Gasteiger partial charge in [0.2, 0.25) is 0 Å². The van der Waals surface area contributed by atoms with E-state index in [0.717, 1.165) is 23.8 Å². The van der Waals surface area contributed by atoms with Crippen LogP contribution in [-0.2, 0) is 38.7 Å². The number of aliphatic hydroxyl groups is 2. The summed E-state index contributed by atoms with van der Waals surface area (Å²) in [6.07, 6.45) is 0.695. The lowest BCUT2D eigenvalue weighted by molar-refractivity contribution is -0.141. The summed E-state index contributed by atoms with van der Waals surface area (Å²) in [7, 11) is 1.12. The predicted molar refractivity (Wildman–Crippen MR) is 104 cm³/mol. The summed E-state index contributed by atoms with van der Waals surface area (Å²) in [5.74, 6) is -1.73. The molecule has 1 heterocycles. The first-order chi connectivity index (χ1) is 14.2. The van der Waals surface area contributed by atoms with Crippen LogP contribution < -0.4 is 17.1 Å². The fourth-order valence-corrected chi connectivity index (χ4v) is 2.31. The number of carbonyl (C=O) groups excluding carboxylic acids is 2. The van der Waals surface area contributed by atoms with Crippen LogP contribution in [0.3, 0.4) is 0 Å². The van der Waals surface area contributed by atoms with Crippen molar-refractivity contribution in [3.8, 4) is 0 Å². The lowest BCUT2D eigenvalue weighted by atomic mass is 10.3. The third-order valence-corrected chi connectivity index (χ3v) is 3.93. The number of allylic oxidation sites excluding steroid dienone is 1. The molecule has 166 valence electrons. The molecule has 2 unspecified atom stereocenters. The lowest BCUT2D eigenvalue weighted by Gasteiger charge is -2.17. The minimum Gasteiger partial charge on any atom is -0.466 e. The van der Waals surface area contributed by atoms with Gasteiger partial charge in [-0.25, -0.2) is 37.7 Å². The van der Waals surface area contributed by atoms with Gasteiger partial charge in [-0.3, -0.25) is 0 Å². The molecular weight excluding hydrogens is 402 g/mol. The summed E-state index contributed by atoms with van der Waals surface area (Å²) >= 11 is 0. The van der Waals surface area contributed by atoms with Crippen molar-refractivity contribution in [2.24, 2.45) is 0 Å². The molecule has 0 saturated heterocycles. The van der Waals surface area contributed by atoms with E-state index < -0.39 is 54.4 Å². The van der Waals surface area contributed by atoms with Crippen molar-refractivity contribution in [2.75, 3.05) is 13.7 Å². The average Bonchev–Trinajstić information content (AvgIpc) is 2.73. The highest BCUT2D eigenvalue weighted by atomic mass is 16.5. The molecule has 0 fully saturated rings. The number of hydrogen-bond acceptors (Lipinski definition) is 9. The van der Waals surface area contributed by atoms with E-state index in [1.165, 1.54) is 6.08 Å². The monoisotopic (exact) mass is 427 g/mol. The molecule has 0 aliphatic heterocycles. The fourth-order valence-electron chi connectivity index (χ4n) is 2.31. The molecule has 0 spiro atoms.